The number of nitrogens with zero attached hydrogens (tertiary/aromatic N) is 2. The zero-order chi connectivity index (χ0) is 13.3. The summed E-state index contributed by atoms with van der Waals surface area (Å²) in [6.45, 7) is 2.58. The smallest absolute Gasteiger partial charge is 0.258 e. The predicted molar refractivity (Wildman–Crippen MR) is 70.6 cm³/mol. The molecule has 1 heterocycles. The van der Waals surface area contributed by atoms with Crippen LogP contribution in [-0.4, -0.2) is 16.7 Å². The molecule has 2 N–H and O–H groups in total. The van der Waals surface area contributed by atoms with Gasteiger partial charge in [0.05, 0.1) is 12.1 Å². The highest BCUT2D eigenvalue weighted by molar-refractivity contribution is 5.55. The lowest BCUT2D eigenvalue weighted by Gasteiger charge is -2.34. The van der Waals surface area contributed by atoms with Crippen molar-refractivity contribution in [2.45, 2.75) is 31.7 Å². The molecule has 1 saturated carbocycles. The van der Waals surface area contributed by atoms with E-state index >= 15 is 0 Å². The zero-order valence-electron chi connectivity index (χ0n) is 10.9. The number of ether oxygens (including phenoxy) is 1. The van der Waals surface area contributed by atoms with Crippen LogP contribution in [-0.2, 0) is 5.54 Å². The monoisotopic (exact) mass is 259 g/mol. The van der Waals surface area contributed by atoms with Gasteiger partial charge in [-0.1, -0.05) is 11.2 Å². The number of hydrogen-bond donors (Lipinski definition) is 1. The van der Waals surface area contributed by atoms with Crippen molar-refractivity contribution in [1.29, 1.82) is 0 Å². The van der Waals surface area contributed by atoms with E-state index in [-0.39, 0.29) is 5.54 Å². The number of hydrogen-bond acceptors (Lipinski definition) is 5. The minimum absolute atomic E-state index is 0.390. The molecule has 1 aromatic carbocycles. The van der Waals surface area contributed by atoms with Crippen molar-refractivity contribution in [3.05, 3.63) is 30.1 Å². The Kier molecular flexibility index (Phi) is 2.98. The maximum atomic E-state index is 6.18. The van der Waals surface area contributed by atoms with Gasteiger partial charge in [-0.25, -0.2) is 0 Å². The summed E-state index contributed by atoms with van der Waals surface area (Å²) in [4.78, 5) is 4.42. The fraction of sp³-hybridized carbons (Fsp3) is 0.429. The lowest BCUT2D eigenvalue weighted by molar-refractivity contribution is 0.229. The molecular weight excluding hydrogens is 242 g/mol. The van der Waals surface area contributed by atoms with E-state index in [0.717, 1.165) is 30.6 Å². The Balaban J connectivity index is 1.88. The van der Waals surface area contributed by atoms with Gasteiger partial charge in [0.1, 0.15) is 5.75 Å². The first-order chi connectivity index (χ1) is 9.21. The van der Waals surface area contributed by atoms with Gasteiger partial charge in [-0.05, 0) is 44.4 Å². The Morgan fingerprint density at radius 2 is 2.26 bits per heavy atom. The Bertz CT molecular complexity index is 576. The van der Waals surface area contributed by atoms with Crippen molar-refractivity contribution in [3.63, 3.8) is 0 Å². The minimum atomic E-state index is -0.390. The molecular formula is C14H17N3O2. The van der Waals surface area contributed by atoms with Gasteiger partial charge in [0, 0.05) is 5.56 Å². The summed E-state index contributed by atoms with van der Waals surface area (Å²) in [5.74, 6) is 1.90. The molecule has 0 amide bonds. The van der Waals surface area contributed by atoms with Gasteiger partial charge in [0.25, 0.3) is 5.89 Å². The summed E-state index contributed by atoms with van der Waals surface area (Å²) in [7, 11) is 0. The summed E-state index contributed by atoms with van der Waals surface area (Å²) in [5.41, 5.74) is 6.65. The molecule has 0 bridgehead atoms. The van der Waals surface area contributed by atoms with Gasteiger partial charge in [0.15, 0.2) is 5.82 Å². The van der Waals surface area contributed by atoms with Gasteiger partial charge in [-0.15, -0.1) is 0 Å². The third-order valence-electron chi connectivity index (χ3n) is 3.51. The van der Waals surface area contributed by atoms with Crippen LogP contribution < -0.4 is 10.5 Å². The highest BCUT2D eigenvalue weighted by Crippen LogP contribution is 2.37. The molecule has 1 aromatic heterocycles. The molecule has 2 aromatic rings. The zero-order valence-corrected chi connectivity index (χ0v) is 10.9. The SMILES string of the molecule is CCOc1cccc(-c2nc(C3(N)CCC3)no2)c1. The second-order valence-electron chi connectivity index (χ2n) is 4.89. The quantitative estimate of drug-likeness (QED) is 0.913. The van der Waals surface area contributed by atoms with E-state index in [1.54, 1.807) is 0 Å². The van der Waals surface area contributed by atoms with Gasteiger partial charge < -0.3 is 15.0 Å². The predicted octanol–water partition coefficient (Wildman–Crippen LogP) is 2.47. The fourth-order valence-electron chi connectivity index (χ4n) is 2.21. The maximum Gasteiger partial charge on any atom is 0.258 e. The summed E-state index contributed by atoms with van der Waals surface area (Å²) >= 11 is 0. The van der Waals surface area contributed by atoms with Crippen LogP contribution in [0.15, 0.2) is 28.8 Å². The molecule has 19 heavy (non-hydrogen) atoms. The molecule has 5 nitrogen and oxygen atoms in total. The topological polar surface area (TPSA) is 74.2 Å². The normalized spacial score (nSPS) is 16.9. The van der Waals surface area contributed by atoms with Crippen molar-refractivity contribution < 1.29 is 9.26 Å². The molecule has 0 radical (unpaired) electrons. The standard InChI is InChI=1S/C14H17N3O2/c1-2-18-11-6-3-5-10(9-11)12-16-13(17-19-12)14(15)7-4-8-14/h3,5-6,9H,2,4,7-8,15H2,1H3. The van der Waals surface area contributed by atoms with Gasteiger partial charge in [0.2, 0.25) is 0 Å². The van der Waals surface area contributed by atoms with Crippen molar-refractivity contribution >= 4 is 0 Å². The van der Waals surface area contributed by atoms with E-state index in [4.69, 9.17) is 15.0 Å². The fourth-order valence-corrected chi connectivity index (χ4v) is 2.21. The summed E-state index contributed by atoms with van der Waals surface area (Å²) in [6.07, 6.45) is 2.97. The Labute approximate surface area is 111 Å². The van der Waals surface area contributed by atoms with E-state index in [1.165, 1.54) is 0 Å². The Morgan fingerprint density at radius 1 is 1.42 bits per heavy atom. The van der Waals surface area contributed by atoms with Crippen LogP contribution in [0.3, 0.4) is 0 Å². The molecule has 0 unspecified atom stereocenters. The number of nitrogens with two attached hydrogens (primary N) is 1. The van der Waals surface area contributed by atoms with Crippen LogP contribution in [0.1, 0.15) is 32.0 Å². The number of benzene rings is 1. The van der Waals surface area contributed by atoms with Crippen molar-refractivity contribution in [1.82, 2.24) is 10.1 Å². The molecule has 0 aliphatic heterocycles. The number of aromatic nitrogens is 2. The highest BCUT2D eigenvalue weighted by Gasteiger charge is 2.39. The molecule has 1 fully saturated rings. The second-order valence-corrected chi connectivity index (χ2v) is 4.89. The number of rotatable bonds is 4. The lowest BCUT2D eigenvalue weighted by atomic mass is 9.77. The summed E-state index contributed by atoms with van der Waals surface area (Å²) < 4.78 is 10.8. The van der Waals surface area contributed by atoms with Crippen molar-refractivity contribution in [2.75, 3.05) is 6.61 Å². The van der Waals surface area contributed by atoms with Crippen LogP contribution >= 0.6 is 0 Å². The van der Waals surface area contributed by atoms with Crippen LogP contribution in [0.5, 0.6) is 5.75 Å². The lowest BCUT2D eigenvalue weighted by Crippen LogP contribution is -2.44. The van der Waals surface area contributed by atoms with E-state index in [0.29, 0.717) is 18.3 Å². The van der Waals surface area contributed by atoms with Crippen LogP contribution in [0, 0.1) is 0 Å². The van der Waals surface area contributed by atoms with E-state index < -0.39 is 0 Å². The van der Waals surface area contributed by atoms with Gasteiger partial charge in [-0.2, -0.15) is 4.98 Å². The maximum absolute atomic E-state index is 6.18. The van der Waals surface area contributed by atoms with E-state index in [1.807, 2.05) is 31.2 Å². The van der Waals surface area contributed by atoms with Crippen LogP contribution in [0.2, 0.25) is 0 Å². The van der Waals surface area contributed by atoms with Crippen LogP contribution in [0.25, 0.3) is 11.5 Å². The molecule has 5 heteroatoms. The third-order valence-corrected chi connectivity index (χ3v) is 3.51. The first-order valence-electron chi connectivity index (χ1n) is 6.57. The first kappa shape index (κ1) is 12.2. The second kappa shape index (κ2) is 4.66. The molecule has 3 rings (SSSR count). The Morgan fingerprint density at radius 3 is 2.95 bits per heavy atom. The molecule has 0 atom stereocenters. The molecule has 1 aliphatic carbocycles. The van der Waals surface area contributed by atoms with Crippen LogP contribution in [0.4, 0.5) is 0 Å². The first-order valence-corrected chi connectivity index (χ1v) is 6.57. The average molecular weight is 259 g/mol. The molecule has 0 spiro atoms. The summed E-state index contributed by atoms with van der Waals surface area (Å²) in [5, 5.41) is 4.01. The minimum Gasteiger partial charge on any atom is -0.494 e. The third kappa shape index (κ3) is 2.21. The van der Waals surface area contributed by atoms with Gasteiger partial charge in [-0.3, -0.25) is 0 Å². The molecule has 100 valence electrons. The summed E-state index contributed by atoms with van der Waals surface area (Å²) in [6, 6.07) is 7.63. The average Bonchev–Trinajstić information content (AvgIpc) is 2.87. The van der Waals surface area contributed by atoms with Crippen molar-refractivity contribution in [2.24, 2.45) is 5.73 Å². The van der Waals surface area contributed by atoms with Crippen molar-refractivity contribution in [3.8, 4) is 17.2 Å². The van der Waals surface area contributed by atoms with Gasteiger partial charge >= 0.3 is 0 Å². The highest BCUT2D eigenvalue weighted by atomic mass is 16.5. The van der Waals surface area contributed by atoms with E-state index in [2.05, 4.69) is 10.1 Å². The van der Waals surface area contributed by atoms with E-state index in [9.17, 15) is 0 Å². The Hall–Kier alpha value is -1.88. The molecule has 1 aliphatic rings. The largest absolute Gasteiger partial charge is 0.494 e. The molecule has 0 saturated heterocycles.